The van der Waals surface area contributed by atoms with Crippen molar-refractivity contribution in [3.63, 3.8) is 0 Å². The second-order valence-electron chi connectivity index (χ2n) is 4.41. The minimum absolute atomic E-state index is 0.198. The lowest BCUT2D eigenvalue weighted by molar-refractivity contribution is -0.117. The number of carbonyl (C=O) groups is 2. The number of hydrogen-bond donors (Lipinski definition) is 0. The van der Waals surface area contributed by atoms with Crippen molar-refractivity contribution >= 4 is 17.4 Å². The first kappa shape index (κ1) is 9.58. The van der Waals surface area contributed by atoms with Crippen molar-refractivity contribution in [3.05, 3.63) is 29.3 Å². The summed E-state index contributed by atoms with van der Waals surface area (Å²) in [7, 11) is 0. The van der Waals surface area contributed by atoms with E-state index >= 15 is 0 Å². The first-order chi connectivity index (χ1) is 7.75. The van der Waals surface area contributed by atoms with E-state index in [0.717, 1.165) is 36.2 Å². The number of amides is 1. The van der Waals surface area contributed by atoms with Gasteiger partial charge in [-0.1, -0.05) is 0 Å². The third-order valence-electron chi connectivity index (χ3n) is 3.40. The molecule has 0 bridgehead atoms. The molecule has 1 aromatic rings. The lowest BCUT2D eigenvalue weighted by Gasteiger charge is -2.16. The lowest BCUT2D eigenvalue weighted by Crippen LogP contribution is -2.23. The van der Waals surface area contributed by atoms with E-state index in [-0.39, 0.29) is 11.7 Å². The van der Waals surface area contributed by atoms with Crippen LogP contribution < -0.4 is 4.90 Å². The molecule has 16 heavy (non-hydrogen) atoms. The molecular formula is C13H13NO2. The van der Waals surface area contributed by atoms with E-state index in [9.17, 15) is 9.59 Å². The molecular weight excluding hydrogens is 202 g/mol. The number of rotatable bonds is 1. The number of ketones is 1. The van der Waals surface area contributed by atoms with Crippen LogP contribution in [0.15, 0.2) is 18.2 Å². The summed E-state index contributed by atoms with van der Waals surface area (Å²) in [6.07, 6.45) is 3.03. The van der Waals surface area contributed by atoms with Gasteiger partial charge in [-0.3, -0.25) is 9.59 Å². The second kappa shape index (κ2) is 3.44. The number of hydrogen-bond acceptors (Lipinski definition) is 2. The van der Waals surface area contributed by atoms with Crippen LogP contribution >= 0.6 is 0 Å². The van der Waals surface area contributed by atoms with Crippen molar-refractivity contribution in [3.8, 4) is 0 Å². The molecule has 3 rings (SSSR count). The molecule has 0 radical (unpaired) electrons. The van der Waals surface area contributed by atoms with Crippen LogP contribution in [0, 0.1) is 0 Å². The average molecular weight is 215 g/mol. The van der Waals surface area contributed by atoms with Gasteiger partial charge in [0.05, 0.1) is 0 Å². The number of Topliss-reactive ketones (excluding diaryl/α,β-unsaturated/α-hetero) is 1. The predicted molar refractivity (Wildman–Crippen MR) is 60.7 cm³/mol. The lowest BCUT2D eigenvalue weighted by atomic mass is 10.1. The van der Waals surface area contributed by atoms with Gasteiger partial charge in [0.1, 0.15) is 0 Å². The molecule has 1 heterocycles. The quantitative estimate of drug-likeness (QED) is 0.718. The van der Waals surface area contributed by atoms with E-state index < -0.39 is 0 Å². The maximum atomic E-state index is 11.6. The number of nitrogens with zero attached hydrogens (tertiary/aromatic N) is 1. The van der Waals surface area contributed by atoms with Gasteiger partial charge in [0.2, 0.25) is 5.91 Å². The summed E-state index contributed by atoms with van der Waals surface area (Å²) >= 11 is 0. The van der Waals surface area contributed by atoms with Crippen LogP contribution in [-0.2, 0) is 11.2 Å². The van der Waals surface area contributed by atoms with Gasteiger partial charge in [-0.15, -0.1) is 0 Å². The number of anilines is 1. The minimum atomic E-state index is 0.198. The zero-order valence-corrected chi connectivity index (χ0v) is 9.03. The summed E-state index contributed by atoms with van der Waals surface area (Å²) < 4.78 is 0. The third-order valence-corrected chi connectivity index (χ3v) is 3.40. The van der Waals surface area contributed by atoms with Crippen LogP contribution in [0.5, 0.6) is 0 Å². The zero-order chi connectivity index (χ0) is 11.1. The summed E-state index contributed by atoms with van der Waals surface area (Å²) in [4.78, 5) is 24.9. The molecule has 0 aromatic heterocycles. The molecule has 1 saturated heterocycles. The van der Waals surface area contributed by atoms with E-state index in [1.807, 2.05) is 23.1 Å². The highest BCUT2D eigenvalue weighted by Gasteiger charge is 2.24. The van der Waals surface area contributed by atoms with Gasteiger partial charge in [0, 0.05) is 30.6 Å². The molecule has 1 aliphatic carbocycles. The number of carbonyl (C=O) groups excluding carboxylic acids is 2. The van der Waals surface area contributed by atoms with Gasteiger partial charge in [-0.05, 0) is 36.6 Å². The number of aryl methyl sites for hydroxylation is 1. The van der Waals surface area contributed by atoms with Crippen LogP contribution in [0.1, 0.15) is 35.2 Å². The van der Waals surface area contributed by atoms with E-state index in [2.05, 4.69) is 0 Å². The number of benzene rings is 1. The van der Waals surface area contributed by atoms with Crippen molar-refractivity contribution in [1.82, 2.24) is 0 Å². The molecule has 1 fully saturated rings. The van der Waals surface area contributed by atoms with Crippen LogP contribution in [-0.4, -0.2) is 18.2 Å². The first-order valence-electron chi connectivity index (χ1n) is 5.72. The van der Waals surface area contributed by atoms with E-state index in [1.54, 1.807) is 0 Å². The summed E-state index contributed by atoms with van der Waals surface area (Å²) in [6, 6.07) is 5.76. The van der Waals surface area contributed by atoms with E-state index in [4.69, 9.17) is 0 Å². The highest BCUT2D eigenvalue weighted by atomic mass is 16.2. The minimum Gasteiger partial charge on any atom is -0.312 e. The Labute approximate surface area is 94.1 Å². The smallest absolute Gasteiger partial charge is 0.227 e. The molecule has 0 spiro atoms. The molecule has 1 aromatic carbocycles. The Morgan fingerprint density at radius 1 is 1.06 bits per heavy atom. The Balaban J connectivity index is 1.98. The van der Waals surface area contributed by atoms with Crippen molar-refractivity contribution in [2.45, 2.75) is 25.7 Å². The first-order valence-corrected chi connectivity index (χ1v) is 5.72. The maximum absolute atomic E-state index is 11.6. The maximum Gasteiger partial charge on any atom is 0.227 e. The topological polar surface area (TPSA) is 37.4 Å². The highest BCUT2D eigenvalue weighted by molar-refractivity contribution is 6.02. The van der Waals surface area contributed by atoms with Crippen LogP contribution in [0.3, 0.4) is 0 Å². The molecule has 0 saturated carbocycles. The van der Waals surface area contributed by atoms with Crippen LogP contribution in [0.4, 0.5) is 5.69 Å². The van der Waals surface area contributed by atoms with Gasteiger partial charge in [0.25, 0.3) is 0 Å². The molecule has 1 aliphatic heterocycles. The fraction of sp³-hybridized carbons (Fsp3) is 0.385. The van der Waals surface area contributed by atoms with Gasteiger partial charge in [-0.25, -0.2) is 0 Å². The summed E-state index contributed by atoms with van der Waals surface area (Å²) in [5.74, 6) is 0.429. The fourth-order valence-electron chi connectivity index (χ4n) is 2.53. The monoisotopic (exact) mass is 215 g/mol. The molecule has 82 valence electrons. The largest absolute Gasteiger partial charge is 0.312 e. The Hall–Kier alpha value is -1.64. The van der Waals surface area contributed by atoms with Crippen LogP contribution in [0.25, 0.3) is 0 Å². The summed E-state index contributed by atoms with van der Waals surface area (Å²) in [5.41, 5.74) is 2.90. The molecule has 1 amide bonds. The van der Waals surface area contributed by atoms with Gasteiger partial charge in [-0.2, -0.15) is 0 Å². The van der Waals surface area contributed by atoms with Gasteiger partial charge >= 0.3 is 0 Å². The Morgan fingerprint density at radius 2 is 1.94 bits per heavy atom. The molecule has 0 N–H and O–H groups in total. The molecule has 2 aliphatic rings. The standard InChI is InChI=1S/C13H13NO2/c15-12-6-3-9-8-10(4-5-11(9)12)14-7-1-2-13(14)16/h4-5,8H,1-3,6-7H2. The molecule has 0 atom stereocenters. The zero-order valence-electron chi connectivity index (χ0n) is 9.03. The third kappa shape index (κ3) is 1.35. The van der Waals surface area contributed by atoms with E-state index in [0.29, 0.717) is 12.8 Å². The molecule has 3 nitrogen and oxygen atoms in total. The van der Waals surface area contributed by atoms with Crippen molar-refractivity contribution < 1.29 is 9.59 Å². The Morgan fingerprint density at radius 3 is 2.69 bits per heavy atom. The SMILES string of the molecule is O=C1CCc2cc(N3CCCC3=O)ccc21. The van der Waals surface area contributed by atoms with Crippen molar-refractivity contribution in [2.24, 2.45) is 0 Å². The van der Waals surface area contributed by atoms with Crippen molar-refractivity contribution in [1.29, 1.82) is 0 Å². The number of fused-ring (bicyclic) bond motifs is 1. The Bertz CT molecular complexity index is 479. The summed E-state index contributed by atoms with van der Waals surface area (Å²) in [5, 5.41) is 0. The van der Waals surface area contributed by atoms with E-state index in [1.165, 1.54) is 0 Å². The Kier molecular flexibility index (Phi) is 2.06. The fourth-order valence-corrected chi connectivity index (χ4v) is 2.53. The van der Waals surface area contributed by atoms with Crippen LogP contribution in [0.2, 0.25) is 0 Å². The summed E-state index contributed by atoms with van der Waals surface area (Å²) in [6.45, 7) is 0.811. The predicted octanol–water partition coefficient (Wildman–Crippen LogP) is 1.94. The van der Waals surface area contributed by atoms with Gasteiger partial charge in [0.15, 0.2) is 5.78 Å². The molecule has 0 unspecified atom stereocenters. The second-order valence-corrected chi connectivity index (χ2v) is 4.41. The van der Waals surface area contributed by atoms with Gasteiger partial charge < -0.3 is 4.90 Å². The molecule has 3 heteroatoms. The van der Waals surface area contributed by atoms with Crippen molar-refractivity contribution in [2.75, 3.05) is 11.4 Å². The normalized spacial score (nSPS) is 19.4. The average Bonchev–Trinajstić information content (AvgIpc) is 2.86. The highest BCUT2D eigenvalue weighted by Crippen LogP contribution is 2.28.